The van der Waals surface area contributed by atoms with E-state index in [1.165, 1.54) is 0 Å². The summed E-state index contributed by atoms with van der Waals surface area (Å²) in [6, 6.07) is -0.152. The zero-order valence-electron chi connectivity index (χ0n) is 20.4. The maximum atomic E-state index is 15.1. The fourth-order valence-corrected chi connectivity index (χ4v) is 6.22. The van der Waals surface area contributed by atoms with Crippen LogP contribution in [0.25, 0.3) is 0 Å². The van der Waals surface area contributed by atoms with Gasteiger partial charge in [0, 0.05) is 5.56 Å². The highest BCUT2D eigenvalue weighted by Gasteiger charge is 2.60. The molecule has 11 heteroatoms. The monoisotopic (exact) mass is 532 g/mol. The summed E-state index contributed by atoms with van der Waals surface area (Å²) < 4.78 is 50.3. The second-order valence-electron chi connectivity index (χ2n) is 11.5. The Bertz CT molecular complexity index is 1040. The summed E-state index contributed by atoms with van der Waals surface area (Å²) in [5.41, 5.74) is -3.62. The van der Waals surface area contributed by atoms with Crippen LogP contribution in [0, 0.1) is 23.0 Å². The van der Waals surface area contributed by atoms with Gasteiger partial charge in [0.15, 0.2) is 0 Å². The van der Waals surface area contributed by atoms with Crippen LogP contribution in [0.5, 0.6) is 0 Å². The Morgan fingerprint density at radius 2 is 1.78 bits per heavy atom. The maximum absolute atomic E-state index is 15.1. The van der Waals surface area contributed by atoms with E-state index < -0.39 is 76.1 Å². The fraction of sp³-hybridized carbons (Fsp3) is 0.680. The molecular formula is C25H32ClF3N2O5. The second kappa shape index (κ2) is 9.36. The van der Waals surface area contributed by atoms with Crippen molar-refractivity contribution >= 4 is 23.6 Å². The van der Waals surface area contributed by atoms with Gasteiger partial charge >= 0.3 is 6.09 Å². The predicted molar refractivity (Wildman–Crippen MR) is 125 cm³/mol. The first-order valence-electron chi connectivity index (χ1n) is 12.1. The van der Waals surface area contributed by atoms with Crippen LogP contribution in [-0.4, -0.2) is 51.7 Å². The minimum atomic E-state index is -1.55. The van der Waals surface area contributed by atoms with E-state index in [9.17, 15) is 24.2 Å². The van der Waals surface area contributed by atoms with Gasteiger partial charge in [0.1, 0.15) is 29.0 Å². The SMILES string of the molecule is CC(C)(C)OC(=O)N[C@H]1C[C@H](C(=O)N[C@H](c2c(F)ccc(Cl)c2F)C23CCC(F)(CC2)C3)C(O)C1O. The summed E-state index contributed by atoms with van der Waals surface area (Å²) in [5, 5.41) is 25.8. The lowest BCUT2D eigenvalue weighted by Gasteiger charge is -2.37. The molecule has 36 heavy (non-hydrogen) atoms. The van der Waals surface area contributed by atoms with Crippen LogP contribution >= 0.6 is 11.6 Å². The average molecular weight is 533 g/mol. The van der Waals surface area contributed by atoms with Gasteiger partial charge in [-0.15, -0.1) is 0 Å². The van der Waals surface area contributed by atoms with Gasteiger partial charge in [0.25, 0.3) is 0 Å². The molecule has 5 atom stereocenters. The molecule has 0 saturated heterocycles. The number of aliphatic hydroxyl groups excluding tert-OH is 2. The zero-order valence-corrected chi connectivity index (χ0v) is 21.2. The summed E-state index contributed by atoms with van der Waals surface area (Å²) in [5.74, 6) is -3.91. The Morgan fingerprint density at radius 3 is 2.33 bits per heavy atom. The molecule has 2 amide bonds. The van der Waals surface area contributed by atoms with Crippen LogP contribution < -0.4 is 10.6 Å². The molecule has 200 valence electrons. The highest BCUT2D eigenvalue weighted by molar-refractivity contribution is 6.30. The van der Waals surface area contributed by atoms with E-state index in [4.69, 9.17) is 16.3 Å². The van der Waals surface area contributed by atoms with Crippen molar-refractivity contribution in [3.63, 3.8) is 0 Å². The molecule has 4 rings (SSSR count). The molecule has 3 saturated carbocycles. The van der Waals surface area contributed by atoms with E-state index >= 15 is 8.78 Å². The molecule has 7 nitrogen and oxygen atoms in total. The van der Waals surface area contributed by atoms with E-state index in [0.29, 0.717) is 12.8 Å². The Kier molecular flexibility index (Phi) is 7.03. The minimum Gasteiger partial charge on any atom is -0.444 e. The van der Waals surface area contributed by atoms with Gasteiger partial charge < -0.3 is 25.6 Å². The quantitative estimate of drug-likeness (QED) is 0.427. The first-order chi connectivity index (χ1) is 16.6. The smallest absolute Gasteiger partial charge is 0.407 e. The third-order valence-corrected chi connectivity index (χ3v) is 8.09. The van der Waals surface area contributed by atoms with Crippen molar-refractivity contribution in [1.29, 1.82) is 0 Å². The second-order valence-corrected chi connectivity index (χ2v) is 11.9. The largest absolute Gasteiger partial charge is 0.444 e. The van der Waals surface area contributed by atoms with Gasteiger partial charge in [-0.3, -0.25) is 4.79 Å². The molecule has 0 aliphatic heterocycles. The van der Waals surface area contributed by atoms with E-state index in [0.717, 1.165) is 12.1 Å². The molecule has 3 aliphatic carbocycles. The normalized spacial score (nSPS) is 34.5. The summed E-state index contributed by atoms with van der Waals surface area (Å²) in [6.45, 7) is 4.98. The van der Waals surface area contributed by atoms with Crippen LogP contribution in [0.2, 0.25) is 5.02 Å². The number of ether oxygens (including phenoxy) is 1. The van der Waals surface area contributed by atoms with Crippen LogP contribution in [0.3, 0.4) is 0 Å². The number of benzene rings is 1. The third kappa shape index (κ3) is 5.04. The molecule has 0 radical (unpaired) electrons. The van der Waals surface area contributed by atoms with Crippen LogP contribution in [0.4, 0.5) is 18.0 Å². The number of hydrogen-bond acceptors (Lipinski definition) is 5. The van der Waals surface area contributed by atoms with Crippen molar-refractivity contribution in [2.75, 3.05) is 0 Å². The Labute approximate surface area is 212 Å². The number of carbonyl (C=O) groups excluding carboxylic acids is 2. The number of fused-ring (bicyclic) bond motifs is 2. The number of alkyl carbamates (subject to hydrolysis) is 1. The molecule has 3 fully saturated rings. The number of hydrogen-bond donors (Lipinski definition) is 4. The fourth-order valence-electron chi connectivity index (χ4n) is 6.05. The average Bonchev–Trinajstić information content (AvgIpc) is 3.39. The van der Waals surface area contributed by atoms with Crippen LogP contribution in [-0.2, 0) is 9.53 Å². The lowest BCUT2D eigenvalue weighted by Crippen LogP contribution is -2.46. The molecule has 0 heterocycles. The van der Waals surface area contributed by atoms with Crippen molar-refractivity contribution in [3.8, 4) is 0 Å². The van der Waals surface area contributed by atoms with Crippen molar-refractivity contribution in [3.05, 3.63) is 34.4 Å². The van der Waals surface area contributed by atoms with Gasteiger partial charge in [0.2, 0.25) is 5.91 Å². The Morgan fingerprint density at radius 1 is 1.14 bits per heavy atom. The van der Waals surface area contributed by atoms with Crippen molar-refractivity contribution in [2.45, 2.75) is 94.9 Å². The molecular weight excluding hydrogens is 501 g/mol. The number of aliphatic hydroxyl groups is 2. The minimum absolute atomic E-state index is 0.0367. The molecule has 0 aromatic heterocycles. The van der Waals surface area contributed by atoms with Gasteiger partial charge in [-0.2, -0.15) is 0 Å². The molecule has 4 N–H and O–H groups in total. The number of nitrogens with one attached hydrogen (secondary N) is 2. The molecule has 3 aliphatic rings. The maximum Gasteiger partial charge on any atom is 0.407 e. The Balaban J connectivity index is 1.58. The predicted octanol–water partition coefficient (Wildman–Crippen LogP) is 4.08. The molecule has 2 bridgehead atoms. The van der Waals surface area contributed by atoms with Gasteiger partial charge in [-0.05, 0) is 76.8 Å². The highest BCUT2D eigenvalue weighted by atomic mass is 35.5. The zero-order chi connectivity index (χ0) is 26.6. The third-order valence-electron chi connectivity index (χ3n) is 7.80. The van der Waals surface area contributed by atoms with Crippen molar-refractivity contribution in [1.82, 2.24) is 10.6 Å². The summed E-state index contributed by atoms with van der Waals surface area (Å²) in [4.78, 5) is 25.5. The van der Waals surface area contributed by atoms with Gasteiger partial charge in [-0.1, -0.05) is 11.6 Å². The molecule has 1 aromatic rings. The summed E-state index contributed by atoms with van der Waals surface area (Å²) >= 11 is 5.93. The van der Waals surface area contributed by atoms with Gasteiger partial charge in [0.05, 0.1) is 29.1 Å². The first kappa shape index (κ1) is 27.0. The molecule has 2 unspecified atom stereocenters. The number of carbonyl (C=O) groups is 2. The molecule has 0 spiro atoms. The Hall–Kier alpha value is -2.04. The highest BCUT2D eigenvalue weighted by Crippen LogP contribution is 2.63. The first-order valence-corrected chi connectivity index (χ1v) is 12.5. The summed E-state index contributed by atoms with van der Waals surface area (Å²) in [7, 11) is 0. The standard InChI is InChI=1S/C25H32ClF3N2O5/c1-23(2,3)36-22(35)30-15-10-12(18(32)19(15)33)21(34)31-20(16-14(27)5-4-13(26)17(16)28)24-6-8-25(29,11-24)9-7-24/h4-5,12,15,18-20,32-33H,6-11H2,1-3H3,(H,30,35)(H,31,34)/t12-,15-,18?,19?,20+,24?,25?/m0/s1. The van der Waals surface area contributed by atoms with E-state index in [2.05, 4.69) is 10.6 Å². The van der Waals surface area contributed by atoms with E-state index in [-0.39, 0.29) is 30.7 Å². The van der Waals surface area contributed by atoms with Crippen LogP contribution in [0.15, 0.2) is 12.1 Å². The van der Waals surface area contributed by atoms with Crippen molar-refractivity contribution in [2.24, 2.45) is 11.3 Å². The van der Waals surface area contributed by atoms with Crippen molar-refractivity contribution < 1.29 is 37.7 Å². The lowest BCUT2D eigenvalue weighted by atomic mass is 9.74. The number of halogens is 4. The van der Waals surface area contributed by atoms with E-state index in [1.807, 2.05) is 0 Å². The molecule has 1 aromatic carbocycles. The topological polar surface area (TPSA) is 108 Å². The number of alkyl halides is 1. The number of rotatable bonds is 5. The van der Waals surface area contributed by atoms with E-state index in [1.54, 1.807) is 20.8 Å². The lowest BCUT2D eigenvalue weighted by molar-refractivity contribution is -0.130. The van der Waals surface area contributed by atoms with Crippen LogP contribution in [0.1, 0.15) is 70.9 Å². The van der Waals surface area contributed by atoms with Gasteiger partial charge in [-0.25, -0.2) is 18.0 Å². The summed E-state index contributed by atoms with van der Waals surface area (Å²) in [6.07, 6.45) is -2.88. The number of amides is 2.